The van der Waals surface area contributed by atoms with Crippen LogP contribution in [0.3, 0.4) is 0 Å². The molecule has 1 N–H and O–H groups in total. The summed E-state index contributed by atoms with van der Waals surface area (Å²) in [6.45, 7) is 0.842. The Bertz CT molecular complexity index is 963. The first kappa shape index (κ1) is 20.1. The Balaban J connectivity index is 1.65. The normalized spacial score (nSPS) is 10.4. The van der Waals surface area contributed by atoms with Gasteiger partial charge in [0.1, 0.15) is 17.4 Å². The van der Waals surface area contributed by atoms with E-state index in [0.29, 0.717) is 34.7 Å². The number of ether oxygens (including phenoxy) is 2. The number of benzene rings is 3. The first-order valence-electron chi connectivity index (χ1n) is 8.63. The molecule has 0 unspecified atom stereocenters. The number of hydrogen-bond acceptors (Lipinski definition) is 3. The number of hydrogen-bond donors (Lipinski definition) is 1. The number of nitrogens with one attached hydrogen (secondary N) is 1. The van der Waals surface area contributed by atoms with Gasteiger partial charge in [-0.2, -0.15) is 0 Å². The minimum Gasteiger partial charge on any atom is -0.493 e. The summed E-state index contributed by atoms with van der Waals surface area (Å²) in [5, 5.41) is 3.90. The Morgan fingerprint density at radius 1 is 1.04 bits per heavy atom. The van der Waals surface area contributed by atoms with Crippen LogP contribution in [0.4, 0.5) is 4.39 Å². The van der Waals surface area contributed by atoms with E-state index >= 15 is 0 Å². The fourth-order valence-electron chi connectivity index (χ4n) is 2.59. The average molecular weight is 416 g/mol. The van der Waals surface area contributed by atoms with Crippen molar-refractivity contribution in [2.24, 2.45) is 0 Å². The van der Waals surface area contributed by atoms with Crippen LogP contribution in [0.1, 0.15) is 16.7 Å². The van der Waals surface area contributed by atoms with E-state index in [1.165, 1.54) is 12.1 Å². The van der Waals surface area contributed by atoms with Crippen molar-refractivity contribution < 1.29 is 13.9 Å². The van der Waals surface area contributed by atoms with Gasteiger partial charge in [0.25, 0.3) is 0 Å². The molecule has 0 amide bonds. The molecule has 28 heavy (non-hydrogen) atoms. The highest BCUT2D eigenvalue weighted by Gasteiger charge is 2.10. The van der Waals surface area contributed by atoms with Crippen LogP contribution in [0.2, 0.25) is 5.02 Å². The molecule has 0 aromatic heterocycles. The maximum Gasteiger partial charge on any atom is 0.161 e. The van der Waals surface area contributed by atoms with E-state index < -0.39 is 0 Å². The third-order valence-electron chi connectivity index (χ3n) is 4.13. The van der Waals surface area contributed by atoms with Crippen molar-refractivity contribution in [3.63, 3.8) is 0 Å². The van der Waals surface area contributed by atoms with Crippen molar-refractivity contribution in [2.45, 2.75) is 13.2 Å². The summed E-state index contributed by atoms with van der Waals surface area (Å²) < 4.78 is 24.2. The van der Waals surface area contributed by atoms with E-state index in [0.717, 1.165) is 16.7 Å². The molecule has 0 saturated carbocycles. The molecule has 6 heteroatoms. The molecular weight excluding hydrogens is 397 g/mol. The maximum atomic E-state index is 13.0. The van der Waals surface area contributed by atoms with Gasteiger partial charge in [-0.25, -0.2) is 4.39 Å². The minimum atomic E-state index is -0.275. The van der Waals surface area contributed by atoms with Crippen LogP contribution < -0.4 is 14.8 Å². The third-order valence-corrected chi connectivity index (χ3v) is 4.88. The van der Waals surface area contributed by atoms with Gasteiger partial charge >= 0.3 is 0 Å². The van der Waals surface area contributed by atoms with Crippen LogP contribution in [0.15, 0.2) is 66.7 Å². The summed E-state index contributed by atoms with van der Waals surface area (Å²) in [4.78, 5) is 0.586. The SMILES string of the molecule is COc1cc(C(=S)NCc2ccccc2Cl)ccc1OCc1ccc(F)cc1. The zero-order chi connectivity index (χ0) is 19.9. The molecule has 0 fully saturated rings. The van der Waals surface area contributed by atoms with E-state index in [1.54, 1.807) is 25.3 Å². The average Bonchev–Trinajstić information content (AvgIpc) is 2.72. The molecular formula is C22H19ClFNO2S. The van der Waals surface area contributed by atoms with Gasteiger partial charge in [0.2, 0.25) is 0 Å². The first-order valence-corrected chi connectivity index (χ1v) is 9.42. The van der Waals surface area contributed by atoms with Gasteiger partial charge < -0.3 is 14.8 Å². The second-order valence-corrected chi connectivity index (χ2v) is 6.87. The largest absolute Gasteiger partial charge is 0.493 e. The summed E-state index contributed by atoms with van der Waals surface area (Å²) in [5.41, 5.74) is 2.65. The monoisotopic (exact) mass is 415 g/mol. The molecule has 0 bridgehead atoms. The van der Waals surface area contributed by atoms with Crippen LogP contribution in [-0.4, -0.2) is 12.1 Å². The molecule has 0 aliphatic carbocycles. The smallest absolute Gasteiger partial charge is 0.161 e. The predicted octanol–water partition coefficient (Wildman–Crippen LogP) is 5.53. The van der Waals surface area contributed by atoms with Gasteiger partial charge in [-0.05, 0) is 47.5 Å². The van der Waals surface area contributed by atoms with Gasteiger partial charge in [0.05, 0.1) is 7.11 Å². The van der Waals surface area contributed by atoms with E-state index in [4.69, 9.17) is 33.3 Å². The zero-order valence-corrected chi connectivity index (χ0v) is 16.8. The van der Waals surface area contributed by atoms with Crippen molar-refractivity contribution >= 4 is 28.8 Å². The lowest BCUT2D eigenvalue weighted by atomic mass is 10.1. The summed E-state index contributed by atoms with van der Waals surface area (Å²) in [6, 6.07) is 19.3. The topological polar surface area (TPSA) is 30.5 Å². The van der Waals surface area contributed by atoms with Crippen molar-refractivity contribution in [3.05, 3.63) is 94.3 Å². The lowest BCUT2D eigenvalue weighted by Crippen LogP contribution is -2.21. The highest BCUT2D eigenvalue weighted by atomic mass is 35.5. The molecule has 0 radical (unpaired) electrons. The summed E-state index contributed by atoms with van der Waals surface area (Å²) >= 11 is 11.7. The second kappa shape index (κ2) is 9.53. The molecule has 3 rings (SSSR count). The lowest BCUT2D eigenvalue weighted by Gasteiger charge is -2.14. The minimum absolute atomic E-state index is 0.275. The molecule has 3 aromatic carbocycles. The zero-order valence-electron chi connectivity index (χ0n) is 15.2. The maximum absolute atomic E-state index is 13.0. The Morgan fingerprint density at radius 2 is 1.79 bits per heavy atom. The molecule has 0 heterocycles. The second-order valence-electron chi connectivity index (χ2n) is 6.05. The molecule has 0 saturated heterocycles. The van der Waals surface area contributed by atoms with Gasteiger partial charge in [0.15, 0.2) is 11.5 Å². The number of methoxy groups -OCH3 is 1. The molecule has 0 atom stereocenters. The first-order chi connectivity index (χ1) is 13.6. The molecule has 3 nitrogen and oxygen atoms in total. The molecule has 0 spiro atoms. The van der Waals surface area contributed by atoms with Crippen LogP contribution in [-0.2, 0) is 13.2 Å². The summed E-state index contributed by atoms with van der Waals surface area (Å²) in [5.74, 6) is 0.884. The van der Waals surface area contributed by atoms with Crippen LogP contribution in [0, 0.1) is 5.82 Å². The Hall–Kier alpha value is -2.63. The summed E-state index contributed by atoms with van der Waals surface area (Å²) in [6.07, 6.45) is 0. The number of thiocarbonyl (C=S) groups is 1. The van der Waals surface area contributed by atoms with Crippen LogP contribution in [0.5, 0.6) is 11.5 Å². The Labute approximate surface area is 174 Å². The predicted molar refractivity (Wildman–Crippen MR) is 114 cm³/mol. The fourth-order valence-corrected chi connectivity index (χ4v) is 2.99. The molecule has 3 aromatic rings. The molecule has 0 aliphatic rings. The van der Waals surface area contributed by atoms with E-state index in [2.05, 4.69) is 5.32 Å². The van der Waals surface area contributed by atoms with E-state index in [-0.39, 0.29) is 5.82 Å². The Morgan fingerprint density at radius 3 is 2.50 bits per heavy atom. The Kier molecular flexibility index (Phi) is 6.85. The summed E-state index contributed by atoms with van der Waals surface area (Å²) in [7, 11) is 1.57. The molecule has 144 valence electrons. The van der Waals surface area contributed by atoms with E-state index in [9.17, 15) is 4.39 Å². The van der Waals surface area contributed by atoms with Crippen molar-refractivity contribution in [3.8, 4) is 11.5 Å². The molecule has 0 aliphatic heterocycles. The third kappa shape index (κ3) is 5.21. The number of rotatable bonds is 7. The quantitative estimate of drug-likeness (QED) is 0.514. The van der Waals surface area contributed by atoms with Gasteiger partial charge in [-0.1, -0.05) is 54.2 Å². The highest BCUT2D eigenvalue weighted by Crippen LogP contribution is 2.29. The standard InChI is InChI=1S/C22H19ClFNO2S/c1-26-21-12-16(22(28)25-13-17-4-2-3-5-19(17)23)8-11-20(21)27-14-15-6-9-18(24)10-7-15/h2-12H,13-14H2,1H3,(H,25,28). The van der Waals surface area contributed by atoms with Crippen LogP contribution in [0.25, 0.3) is 0 Å². The van der Waals surface area contributed by atoms with Crippen molar-refractivity contribution in [2.75, 3.05) is 7.11 Å². The number of halogens is 2. The highest BCUT2D eigenvalue weighted by molar-refractivity contribution is 7.80. The van der Waals surface area contributed by atoms with Gasteiger partial charge in [0, 0.05) is 17.1 Å². The van der Waals surface area contributed by atoms with Gasteiger partial charge in [-0.15, -0.1) is 0 Å². The van der Waals surface area contributed by atoms with E-state index in [1.807, 2.05) is 36.4 Å². The fraction of sp³-hybridized carbons (Fsp3) is 0.136. The van der Waals surface area contributed by atoms with Crippen LogP contribution >= 0.6 is 23.8 Å². The lowest BCUT2D eigenvalue weighted by molar-refractivity contribution is 0.284. The van der Waals surface area contributed by atoms with Crippen molar-refractivity contribution in [1.29, 1.82) is 0 Å². The van der Waals surface area contributed by atoms with Crippen molar-refractivity contribution in [1.82, 2.24) is 5.32 Å². The van der Waals surface area contributed by atoms with Gasteiger partial charge in [-0.3, -0.25) is 0 Å².